The van der Waals surface area contributed by atoms with Crippen LogP contribution >= 0.6 is 0 Å². The summed E-state index contributed by atoms with van der Waals surface area (Å²) in [5.41, 5.74) is 2.07. The van der Waals surface area contributed by atoms with E-state index in [1.807, 2.05) is 62.4 Å². The van der Waals surface area contributed by atoms with Crippen LogP contribution in [0.2, 0.25) is 0 Å². The lowest BCUT2D eigenvalue weighted by atomic mass is 9.96. The molecule has 0 bridgehead atoms. The van der Waals surface area contributed by atoms with Crippen molar-refractivity contribution in [1.29, 1.82) is 0 Å². The summed E-state index contributed by atoms with van der Waals surface area (Å²) in [4.78, 5) is 13.0. The van der Waals surface area contributed by atoms with Crippen molar-refractivity contribution in [3.8, 4) is 5.75 Å². The monoisotopic (exact) mass is 397 g/mol. The van der Waals surface area contributed by atoms with E-state index in [9.17, 15) is 4.79 Å². The molecule has 158 valence electrons. The van der Waals surface area contributed by atoms with Gasteiger partial charge in [0.25, 0.3) is 5.91 Å². The molecular formula is C25H35NO3. The van der Waals surface area contributed by atoms with Gasteiger partial charge in [-0.25, -0.2) is 0 Å². The topological polar surface area (TPSA) is 47.6 Å². The highest BCUT2D eigenvalue weighted by molar-refractivity contribution is 5.97. The average Bonchev–Trinajstić information content (AvgIpc) is 2.72. The number of carbonyl (C=O) groups excluding carboxylic acids is 1. The molecule has 0 heterocycles. The second-order valence-electron chi connectivity index (χ2n) is 7.75. The summed E-state index contributed by atoms with van der Waals surface area (Å²) >= 11 is 0. The fraction of sp³-hybridized carbons (Fsp3) is 0.480. The molecule has 1 amide bonds. The second-order valence-corrected chi connectivity index (χ2v) is 7.75. The van der Waals surface area contributed by atoms with Crippen molar-refractivity contribution in [2.24, 2.45) is 0 Å². The quantitative estimate of drug-likeness (QED) is 0.429. The molecule has 1 N–H and O–H groups in total. The Hall–Kier alpha value is -2.33. The van der Waals surface area contributed by atoms with Crippen molar-refractivity contribution in [3.63, 3.8) is 0 Å². The highest BCUT2D eigenvalue weighted by atomic mass is 16.5. The fourth-order valence-electron chi connectivity index (χ4n) is 3.18. The van der Waals surface area contributed by atoms with Crippen molar-refractivity contribution in [2.45, 2.75) is 72.0 Å². The first-order valence-electron chi connectivity index (χ1n) is 10.7. The molecule has 0 spiro atoms. The van der Waals surface area contributed by atoms with Crippen LogP contribution in [0.1, 0.15) is 64.0 Å². The molecule has 4 nitrogen and oxygen atoms in total. The zero-order valence-electron chi connectivity index (χ0n) is 18.3. The molecule has 4 heteroatoms. The molecule has 0 aliphatic rings. The molecule has 0 radical (unpaired) electrons. The van der Waals surface area contributed by atoms with E-state index in [4.69, 9.17) is 9.47 Å². The van der Waals surface area contributed by atoms with E-state index >= 15 is 0 Å². The zero-order chi connectivity index (χ0) is 21.1. The Kier molecular flexibility index (Phi) is 9.20. The molecule has 0 saturated heterocycles. The van der Waals surface area contributed by atoms with Gasteiger partial charge in [0.2, 0.25) is 0 Å². The van der Waals surface area contributed by atoms with Crippen LogP contribution in [-0.4, -0.2) is 18.1 Å². The number of anilines is 1. The molecule has 2 rings (SSSR count). The molecule has 0 fully saturated rings. The van der Waals surface area contributed by atoms with E-state index in [2.05, 4.69) is 19.2 Å². The molecule has 0 aromatic heterocycles. The van der Waals surface area contributed by atoms with E-state index in [-0.39, 0.29) is 5.91 Å². The van der Waals surface area contributed by atoms with Crippen LogP contribution in [-0.2, 0) is 16.1 Å². The van der Waals surface area contributed by atoms with Gasteiger partial charge in [-0.1, -0.05) is 63.4 Å². The molecule has 0 saturated carbocycles. The first-order chi connectivity index (χ1) is 14.0. The van der Waals surface area contributed by atoms with Crippen molar-refractivity contribution >= 4 is 11.6 Å². The Labute approximate surface area is 175 Å². The number of unbranched alkanes of at least 4 members (excludes halogenated alkanes) is 2. The van der Waals surface area contributed by atoms with Gasteiger partial charge in [0.05, 0.1) is 0 Å². The zero-order valence-corrected chi connectivity index (χ0v) is 18.3. The Morgan fingerprint density at radius 1 is 1.03 bits per heavy atom. The van der Waals surface area contributed by atoms with Crippen molar-refractivity contribution in [3.05, 3.63) is 59.7 Å². The van der Waals surface area contributed by atoms with Crippen LogP contribution < -0.4 is 10.1 Å². The van der Waals surface area contributed by atoms with Gasteiger partial charge >= 0.3 is 0 Å². The predicted octanol–water partition coefficient (Wildman–Crippen LogP) is 6.28. The van der Waals surface area contributed by atoms with Crippen LogP contribution in [0.5, 0.6) is 5.75 Å². The molecule has 0 aliphatic heterocycles. The van der Waals surface area contributed by atoms with Crippen molar-refractivity contribution in [2.75, 3.05) is 11.9 Å². The second kappa shape index (κ2) is 11.6. The number of ether oxygens (including phenoxy) is 2. The van der Waals surface area contributed by atoms with Crippen LogP contribution in [0.25, 0.3) is 0 Å². The highest BCUT2D eigenvalue weighted by Crippen LogP contribution is 2.26. The lowest BCUT2D eigenvalue weighted by Crippen LogP contribution is -2.43. The lowest BCUT2D eigenvalue weighted by Gasteiger charge is -2.29. The SMILES string of the molecule is CCCCC[C@](C)(OCCC)C(=O)Nc1ccc(OCc2ccccc2)c(C)c1. The number of rotatable bonds is 12. The number of hydrogen-bond acceptors (Lipinski definition) is 3. The van der Waals surface area contributed by atoms with Crippen LogP contribution in [0.3, 0.4) is 0 Å². The minimum atomic E-state index is -0.804. The molecule has 29 heavy (non-hydrogen) atoms. The largest absolute Gasteiger partial charge is 0.489 e. The summed E-state index contributed by atoms with van der Waals surface area (Å²) in [6.45, 7) is 9.22. The Morgan fingerprint density at radius 3 is 2.45 bits per heavy atom. The number of hydrogen-bond donors (Lipinski definition) is 1. The molecule has 2 aromatic carbocycles. The Balaban J connectivity index is 2.01. The van der Waals surface area contributed by atoms with Crippen LogP contribution in [0, 0.1) is 6.92 Å². The number of benzene rings is 2. The van der Waals surface area contributed by atoms with E-state index in [0.717, 1.165) is 54.7 Å². The summed E-state index contributed by atoms with van der Waals surface area (Å²) in [6.07, 6.45) is 4.82. The third-order valence-electron chi connectivity index (χ3n) is 5.03. The maximum Gasteiger partial charge on any atom is 0.256 e. The van der Waals surface area contributed by atoms with Gasteiger partial charge < -0.3 is 14.8 Å². The van der Waals surface area contributed by atoms with E-state index < -0.39 is 5.60 Å². The summed E-state index contributed by atoms with van der Waals surface area (Å²) in [5, 5.41) is 3.04. The van der Waals surface area contributed by atoms with Gasteiger partial charge in [-0.2, -0.15) is 0 Å². The average molecular weight is 398 g/mol. The smallest absolute Gasteiger partial charge is 0.256 e. The number of amides is 1. The number of aryl methyl sites for hydroxylation is 1. The van der Waals surface area contributed by atoms with Gasteiger partial charge in [-0.3, -0.25) is 4.79 Å². The van der Waals surface area contributed by atoms with E-state index in [1.165, 1.54) is 0 Å². The van der Waals surface area contributed by atoms with Crippen LogP contribution in [0.4, 0.5) is 5.69 Å². The third kappa shape index (κ3) is 7.21. The summed E-state index contributed by atoms with van der Waals surface area (Å²) < 4.78 is 11.9. The Bertz CT molecular complexity index is 760. The van der Waals surface area contributed by atoms with Gasteiger partial charge in [0, 0.05) is 12.3 Å². The molecular weight excluding hydrogens is 362 g/mol. The third-order valence-corrected chi connectivity index (χ3v) is 5.03. The fourth-order valence-corrected chi connectivity index (χ4v) is 3.18. The maximum atomic E-state index is 13.0. The summed E-state index contributed by atoms with van der Waals surface area (Å²) in [7, 11) is 0. The normalized spacial score (nSPS) is 13.0. The Morgan fingerprint density at radius 2 is 1.79 bits per heavy atom. The summed E-state index contributed by atoms with van der Waals surface area (Å²) in [5.74, 6) is 0.735. The standard InChI is InChI=1S/C25H35NO3/c1-5-7-11-16-25(4,29-17-6-2)24(27)26-22-14-15-23(20(3)18-22)28-19-21-12-9-8-10-13-21/h8-10,12-15,18H,5-7,11,16-17,19H2,1-4H3,(H,26,27)/t25-/m0/s1. The van der Waals surface area contributed by atoms with Gasteiger partial charge in [0.1, 0.15) is 18.0 Å². The highest BCUT2D eigenvalue weighted by Gasteiger charge is 2.33. The van der Waals surface area contributed by atoms with Crippen molar-refractivity contribution in [1.82, 2.24) is 0 Å². The summed E-state index contributed by atoms with van der Waals surface area (Å²) in [6, 6.07) is 15.8. The molecule has 1 atom stereocenters. The van der Waals surface area contributed by atoms with Gasteiger partial charge in [-0.05, 0) is 56.0 Å². The van der Waals surface area contributed by atoms with Gasteiger partial charge in [-0.15, -0.1) is 0 Å². The first-order valence-corrected chi connectivity index (χ1v) is 10.7. The predicted molar refractivity (Wildman–Crippen MR) is 119 cm³/mol. The molecule has 0 aliphatic carbocycles. The lowest BCUT2D eigenvalue weighted by molar-refractivity contribution is -0.140. The maximum absolute atomic E-state index is 13.0. The van der Waals surface area contributed by atoms with Crippen molar-refractivity contribution < 1.29 is 14.3 Å². The number of carbonyl (C=O) groups is 1. The molecule has 2 aromatic rings. The van der Waals surface area contributed by atoms with Gasteiger partial charge in [0.15, 0.2) is 0 Å². The number of nitrogens with one attached hydrogen (secondary N) is 1. The van der Waals surface area contributed by atoms with E-state index in [1.54, 1.807) is 0 Å². The first kappa shape index (κ1) is 23.0. The van der Waals surface area contributed by atoms with Crippen LogP contribution in [0.15, 0.2) is 48.5 Å². The van der Waals surface area contributed by atoms with E-state index in [0.29, 0.717) is 13.2 Å². The minimum Gasteiger partial charge on any atom is -0.489 e. The molecule has 0 unspecified atom stereocenters. The minimum absolute atomic E-state index is 0.0839.